The Morgan fingerprint density at radius 1 is 1.03 bits per heavy atom. The lowest BCUT2D eigenvalue weighted by Crippen LogP contribution is -2.59. The summed E-state index contributed by atoms with van der Waals surface area (Å²) in [5.74, 6) is -1.35. The predicted molar refractivity (Wildman–Crippen MR) is 106 cm³/mol. The van der Waals surface area contributed by atoms with E-state index < -0.39 is 36.5 Å². The van der Waals surface area contributed by atoms with Crippen molar-refractivity contribution in [3.63, 3.8) is 0 Å². The molecule has 2 fully saturated rings. The average molecular weight is 419 g/mol. The third kappa shape index (κ3) is 7.85. The van der Waals surface area contributed by atoms with Crippen LogP contribution in [0.2, 0.25) is 0 Å². The molecule has 2 rings (SSSR count). The predicted octanol–water partition coefficient (Wildman–Crippen LogP) is 3.21. The highest BCUT2D eigenvalue weighted by molar-refractivity contribution is 5.69. The monoisotopic (exact) mass is 418 g/mol. The lowest BCUT2D eigenvalue weighted by Gasteiger charge is -2.40. The van der Waals surface area contributed by atoms with Crippen LogP contribution in [0.15, 0.2) is 0 Å². The van der Waals surface area contributed by atoms with Crippen LogP contribution in [0.4, 0.5) is 0 Å². The molecule has 2 aliphatic rings. The lowest BCUT2D eigenvalue weighted by molar-refractivity contribution is -0.280. The topological polar surface area (TPSA) is 89.5 Å². The maximum absolute atomic E-state index is 11.9. The van der Waals surface area contributed by atoms with E-state index in [9.17, 15) is 9.59 Å². The van der Waals surface area contributed by atoms with Gasteiger partial charge in [-0.2, -0.15) is 0 Å². The lowest BCUT2D eigenvalue weighted by atomic mass is 9.99. The van der Waals surface area contributed by atoms with Crippen molar-refractivity contribution in [2.75, 3.05) is 13.7 Å². The minimum absolute atomic E-state index is 0.0143. The third-order valence-electron chi connectivity index (χ3n) is 4.20. The Balaban J connectivity index is 0.00000132. The molecule has 0 radical (unpaired) electrons. The Morgan fingerprint density at radius 2 is 1.62 bits per heavy atom. The fraction of sp³-hybridized carbons (Fsp3) is 0.905. The van der Waals surface area contributed by atoms with Crippen molar-refractivity contribution in [1.29, 1.82) is 0 Å². The van der Waals surface area contributed by atoms with Crippen molar-refractivity contribution >= 4 is 11.9 Å². The summed E-state index contributed by atoms with van der Waals surface area (Å²) in [4.78, 5) is 23.7. The van der Waals surface area contributed by atoms with Crippen molar-refractivity contribution in [3.05, 3.63) is 0 Å². The van der Waals surface area contributed by atoms with Crippen molar-refractivity contribution < 1.29 is 38.0 Å². The molecule has 2 saturated heterocycles. The van der Waals surface area contributed by atoms with Gasteiger partial charge in [-0.3, -0.25) is 9.59 Å². The molecule has 0 bridgehead atoms. The van der Waals surface area contributed by atoms with Crippen LogP contribution >= 0.6 is 0 Å². The van der Waals surface area contributed by atoms with Crippen molar-refractivity contribution in [2.45, 2.75) is 104 Å². The van der Waals surface area contributed by atoms with Gasteiger partial charge in [0.15, 0.2) is 18.2 Å². The zero-order valence-corrected chi connectivity index (χ0v) is 19.1. The van der Waals surface area contributed by atoms with E-state index in [4.69, 9.17) is 28.4 Å². The number of hydrogen-bond donors (Lipinski definition) is 0. The summed E-state index contributed by atoms with van der Waals surface area (Å²) < 4.78 is 33.9. The average Bonchev–Trinajstić information content (AvgIpc) is 2.96. The summed E-state index contributed by atoms with van der Waals surface area (Å²) >= 11 is 0. The molecular formula is C21H38O8. The van der Waals surface area contributed by atoms with Crippen LogP contribution in [0.25, 0.3) is 0 Å². The van der Waals surface area contributed by atoms with Crippen LogP contribution in [0.5, 0.6) is 0 Å². The molecule has 0 aromatic rings. The molecule has 0 amide bonds. The Hall–Kier alpha value is -1.22. The number of hydrogen-bond acceptors (Lipinski definition) is 8. The molecule has 0 aromatic carbocycles. The van der Waals surface area contributed by atoms with E-state index in [1.807, 2.05) is 13.8 Å². The molecular weight excluding hydrogens is 380 g/mol. The fourth-order valence-corrected chi connectivity index (χ4v) is 3.09. The Labute approximate surface area is 174 Å². The Bertz CT molecular complexity index is 519. The van der Waals surface area contributed by atoms with E-state index in [-0.39, 0.29) is 30.9 Å². The molecule has 5 unspecified atom stereocenters. The largest absolute Gasteiger partial charge is 0.463 e. The quantitative estimate of drug-likeness (QED) is 0.582. The van der Waals surface area contributed by atoms with E-state index in [0.29, 0.717) is 6.42 Å². The second kappa shape index (κ2) is 11.8. The van der Waals surface area contributed by atoms with Gasteiger partial charge in [0.1, 0.15) is 24.9 Å². The van der Waals surface area contributed by atoms with Crippen LogP contribution in [0.1, 0.15) is 67.7 Å². The fourth-order valence-electron chi connectivity index (χ4n) is 3.09. The molecule has 0 aliphatic carbocycles. The second-order valence-electron chi connectivity index (χ2n) is 8.14. The Morgan fingerprint density at radius 3 is 2.14 bits per heavy atom. The first-order valence-corrected chi connectivity index (χ1v) is 10.5. The molecule has 2 heterocycles. The van der Waals surface area contributed by atoms with Crippen molar-refractivity contribution in [2.24, 2.45) is 5.92 Å². The zero-order chi connectivity index (χ0) is 22.2. The van der Waals surface area contributed by atoms with Crippen molar-refractivity contribution in [1.82, 2.24) is 0 Å². The van der Waals surface area contributed by atoms with Crippen LogP contribution in [-0.4, -0.2) is 62.1 Å². The summed E-state index contributed by atoms with van der Waals surface area (Å²) in [6, 6.07) is 0. The minimum atomic E-state index is -0.877. The molecule has 2 aliphatic heterocycles. The summed E-state index contributed by atoms with van der Waals surface area (Å²) in [6.45, 7) is 13.4. The normalized spacial score (nSPS) is 30.2. The highest BCUT2D eigenvalue weighted by atomic mass is 16.8. The number of methoxy groups -OCH3 is 1. The highest BCUT2D eigenvalue weighted by Crippen LogP contribution is 2.39. The SMILES string of the molecule is CCC.CCC(=O)OC1C(OC)OC(COC(=O)CC(C)C)C2OC(C)(C)OC21. The minimum Gasteiger partial charge on any atom is -0.463 e. The van der Waals surface area contributed by atoms with E-state index in [1.165, 1.54) is 13.5 Å². The number of fused-ring (bicyclic) bond motifs is 1. The van der Waals surface area contributed by atoms with E-state index in [0.717, 1.165) is 0 Å². The van der Waals surface area contributed by atoms with Gasteiger partial charge in [-0.15, -0.1) is 0 Å². The van der Waals surface area contributed by atoms with Gasteiger partial charge in [0.25, 0.3) is 0 Å². The number of ether oxygens (including phenoxy) is 6. The molecule has 170 valence electrons. The van der Waals surface area contributed by atoms with Crippen LogP contribution in [0, 0.1) is 5.92 Å². The molecule has 8 heteroatoms. The smallest absolute Gasteiger partial charge is 0.306 e. The first-order valence-electron chi connectivity index (χ1n) is 10.5. The standard InChI is InChI=1S/C18H30O8.C3H8/c1-7-12(19)24-16-15-14(25-18(4,5)26-15)11(23-17(16)21-6)9-22-13(20)8-10(2)3;1-3-2/h10-11,14-17H,7-9H2,1-6H3;3H2,1-2H3. The number of carbonyl (C=O) groups is 2. The molecule has 0 aromatic heterocycles. The van der Waals surface area contributed by atoms with E-state index >= 15 is 0 Å². The molecule has 29 heavy (non-hydrogen) atoms. The molecule has 5 atom stereocenters. The van der Waals surface area contributed by atoms with Gasteiger partial charge in [-0.1, -0.05) is 41.0 Å². The molecule has 0 spiro atoms. The summed E-state index contributed by atoms with van der Waals surface area (Å²) in [5.41, 5.74) is 0. The van der Waals surface area contributed by atoms with Gasteiger partial charge in [-0.25, -0.2) is 0 Å². The first kappa shape index (κ1) is 25.8. The molecule has 0 N–H and O–H groups in total. The summed E-state index contributed by atoms with van der Waals surface area (Å²) in [7, 11) is 1.46. The van der Waals surface area contributed by atoms with Gasteiger partial charge in [0.05, 0.1) is 0 Å². The van der Waals surface area contributed by atoms with Gasteiger partial charge in [0, 0.05) is 20.0 Å². The zero-order valence-electron chi connectivity index (χ0n) is 19.1. The maximum Gasteiger partial charge on any atom is 0.306 e. The highest BCUT2D eigenvalue weighted by Gasteiger charge is 2.57. The molecule has 8 nitrogen and oxygen atoms in total. The second-order valence-corrected chi connectivity index (χ2v) is 8.14. The summed E-state index contributed by atoms with van der Waals surface area (Å²) in [6.07, 6.45) is -1.50. The van der Waals surface area contributed by atoms with Crippen molar-refractivity contribution in [3.8, 4) is 0 Å². The number of rotatable bonds is 7. The maximum atomic E-state index is 11.9. The number of carbonyl (C=O) groups excluding carboxylic acids is 2. The van der Waals surface area contributed by atoms with Gasteiger partial charge < -0.3 is 28.4 Å². The van der Waals surface area contributed by atoms with Gasteiger partial charge in [0.2, 0.25) is 0 Å². The van der Waals surface area contributed by atoms with Crippen LogP contribution in [-0.2, 0) is 38.0 Å². The first-order chi connectivity index (χ1) is 13.6. The van der Waals surface area contributed by atoms with E-state index in [1.54, 1.807) is 20.8 Å². The van der Waals surface area contributed by atoms with E-state index in [2.05, 4.69) is 13.8 Å². The third-order valence-corrected chi connectivity index (χ3v) is 4.20. The molecule has 0 saturated carbocycles. The van der Waals surface area contributed by atoms with Gasteiger partial charge in [-0.05, 0) is 19.8 Å². The Kier molecular flexibility index (Phi) is 10.5. The van der Waals surface area contributed by atoms with Crippen LogP contribution < -0.4 is 0 Å². The number of esters is 2. The van der Waals surface area contributed by atoms with Crippen LogP contribution in [0.3, 0.4) is 0 Å². The van der Waals surface area contributed by atoms with Gasteiger partial charge >= 0.3 is 11.9 Å². The summed E-state index contributed by atoms with van der Waals surface area (Å²) in [5, 5.41) is 0.